The van der Waals surface area contributed by atoms with Crippen LogP contribution in [0.4, 0.5) is 0 Å². The number of carbonyl (C=O) groups is 1. The Kier molecular flexibility index (Phi) is 4.37. The fraction of sp³-hybridized carbons (Fsp3) is 0.500. The molecule has 0 spiro atoms. The molecule has 0 radical (unpaired) electrons. The van der Waals surface area contributed by atoms with Crippen molar-refractivity contribution in [1.29, 1.82) is 0 Å². The number of hydrogen-bond donors (Lipinski definition) is 0. The minimum absolute atomic E-state index is 0.0373. The molecule has 4 nitrogen and oxygen atoms in total. The number of ether oxygens (including phenoxy) is 1. The Labute approximate surface area is 113 Å². The van der Waals surface area contributed by atoms with Gasteiger partial charge < -0.3 is 4.74 Å². The first-order chi connectivity index (χ1) is 9.00. The second-order valence-electron chi connectivity index (χ2n) is 4.81. The summed E-state index contributed by atoms with van der Waals surface area (Å²) in [4.78, 5) is 11.9. The molecule has 0 amide bonds. The van der Waals surface area contributed by atoms with Crippen LogP contribution in [0.1, 0.15) is 30.1 Å². The van der Waals surface area contributed by atoms with Crippen LogP contribution in [0.5, 0.6) is 0 Å². The van der Waals surface area contributed by atoms with Crippen molar-refractivity contribution in [2.75, 3.05) is 12.4 Å². The van der Waals surface area contributed by atoms with Crippen LogP contribution in [0.2, 0.25) is 0 Å². The largest absolute Gasteiger partial charge is 0.377 e. The summed E-state index contributed by atoms with van der Waals surface area (Å²) in [6.45, 7) is 2.26. The summed E-state index contributed by atoms with van der Waals surface area (Å²) in [6, 6.07) is 8.78. The SMILES string of the molecule is CC1OCCC1S(=O)(=O)CCC(=O)c1ccccc1. The number of sulfone groups is 1. The van der Waals surface area contributed by atoms with E-state index in [4.69, 9.17) is 4.74 Å². The summed E-state index contributed by atoms with van der Waals surface area (Å²) in [5.41, 5.74) is 0.563. The van der Waals surface area contributed by atoms with Crippen LogP contribution < -0.4 is 0 Å². The van der Waals surface area contributed by atoms with Crippen molar-refractivity contribution in [3.8, 4) is 0 Å². The highest BCUT2D eigenvalue weighted by atomic mass is 32.2. The molecule has 104 valence electrons. The zero-order valence-electron chi connectivity index (χ0n) is 10.9. The molecule has 1 aromatic rings. The minimum Gasteiger partial charge on any atom is -0.377 e. The van der Waals surface area contributed by atoms with E-state index < -0.39 is 15.1 Å². The van der Waals surface area contributed by atoms with Crippen LogP contribution >= 0.6 is 0 Å². The van der Waals surface area contributed by atoms with Crippen LogP contribution in [0.25, 0.3) is 0 Å². The van der Waals surface area contributed by atoms with E-state index in [1.54, 1.807) is 31.2 Å². The van der Waals surface area contributed by atoms with Gasteiger partial charge in [-0.25, -0.2) is 8.42 Å². The van der Waals surface area contributed by atoms with Crippen LogP contribution in [0, 0.1) is 0 Å². The predicted octanol–water partition coefficient (Wildman–Crippen LogP) is 1.85. The molecule has 1 aromatic carbocycles. The summed E-state index contributed by atoms with van der Waals surface area (Å²) < 4.78 is 29.6. The molecule has 19 heavy (non-hydrogen) atoms. The molecule has 1 aliphatic rings. The number of Topliss-reactive ketones (excluding diaryl/α,β-unsaturated/α-hetero) is 1. The molecule has 0 aromatic heterocycles. The third kappa shape index (κ3) is 3.42. The van der Waals surface area contributed by atoms with Crippen molar-refractivity contribution in [3.63, 3.8) is 0 Å². The van der Waals surface area contributed by atoms with Crippen LogP contribution in [0.15, 0.2) is 30.3 Å². The summed E-state index contributed by atoms with van der Waals surface area (Å²) in [5, 5.41) is -0.462. The summed E-state index contributed by atoms with van der Waals surface area (Å²) >= 11 is 0. The topological polar surface area (TPSA) is 60.4 Å². The quantitative estimate of drug-likeness (QED) is 0.773. The lowest BCUT2D eigenvalue weighted by Gasteiger charge is -2.14. The summed E-state index contributed by atoms with van der Waals surface area (Å²) in [7, 11) is -3.26. The smallest absolute Gasteiger partial charge is 0.163 e. The lowest BCUT2D eigenvalue weighted by Crippen LogP contribution is -2.30. The monoisotopic (exact) mass is 282 g/mol. The van der Waals surface area contributed by atoms with Crippen molar-refractivity contribution in [2.24, 2.45) is 0 Å². The molecule has 1 aliphatic heterocycles. The van der Waals surface area contributed by atoms with Gasteiger partial charge in [0.1, 0.15) is 0 Å². The van der Waals surface area contributed by atoms with Gasteiger partial charge >= 0.3 is 0 Å². The Hall–Kier alpha value is -1.20. The molecule has 0 bridgehead atoms. The van der Waals surface area contributed by atoms with Gasteiger partial charge in [0.05, 0.1) is 17.1 Å². The molecular weight excluding hydrogens is 264 g/mol. The minimum atomic E-state index is -3.26. The van der Waals surface area contributed by atoms with E-state index in [2.05, 4.69) is 0 Å². The Morgan fingerprint density at radius 2 is 2.00 bits per heavy atom. The maximum atomic E-state index is 12.1. The van der Waals surface area contributed by atoms with E-state index in [0.29, 0.717) is 18.6 Å². The average Bonchev–Trinajstić information content (AvgIpc) is 2.84. The van der Waals surface area contributed by atoms with Gasteiger partial charge in [0.2, 0.25) is 0 Å². The maximum Gasteiger partial charge on any atom is 0.163 e. The number of hydrogen-bond acceptors (Lipinski definition) is 4. The maximum absolute atomic E-state index is 12.1. The zero-order chi connectivity index (χ0) is 13.9. The molecule has 0 aliphatic carbocycles. The first-order valence-corrected chi connectivity index (χ1v) is 8.13. The molecule has 1 heterocycles. The highest BCUT2D eigenvalue weighted by Crippen LogP contribution is 2.22. The molecule has 1 fully saturated rings. The summed E-state index contributed by atoms with van der Waals surface area (Å²) in [5.74, 6) is -0.227. The second-order valence-corrected chi connectivity index (χ2v) is 7.15. The zero-order valence-corrected chi connectivity index (χ0v) is 11.7. The standard InChI is InChI=1S/C14H18O4S/c1-11-14(7-9-18-11)19(16,17)10-8-13(15)12-5-3-2-4-6-12/h2-6,11,14H,7-10H2,1H3. The molecule has 0 N–H and O–H groups in total. The van der Waals surface area contributed by atoms with Gasteiger partial charge in [0, 0.05) is 18.6 Å². The van der Waals surface area contributed by atoms with Gasteiger partial charge in [-0.2, -0.15) is 0 Å². The predicted molar refractivity (Wildman–Crippen MR) is 73.0 cm³/mol. The van der Waals surface area contributed by atoms with Gasteiger partial charge in [-0.15, -0.1) is 0 Å². The Morgan fingerprint density at radius 1 is 1.32 bits per heavy atom. The molecule has 2 rings (SSSR count). The third-order valence-electron chi connectivity index (χ3n) is 3.48. The van der Waals surface area contributed by atoms with E-state index in [0.717, 1.165) is 0 Å². The van der Waals surface area contributed by atoms with E-state index in [-0.39, 0.29) is 24.1 Å². The van der Waals surface area contributed by atoms with Gasteiger partial charge in [0.15, 0.2) is 15.6 Å². The lowest BCUT2D eigenvalue weighted by atomic mass is 10.1. The highest BCUT2D eigenvalue weighted by molar-refractivity contribution is 7.92. The molecular formula is C14H18O4S. The van der Waals surface area contributed by atoms with Crippen LogP contribution in [-0.4, -0.2) is 37.9 Å². The van der Waals surface area contributed by atoms with E-state index in [1.165, 1.54) is 0 Å². The Bertz CT molecular complexity index is 536. The van der Waals surface area contributed by atoms with Gasteiger partial charge in [-0.05, 0) is 13.3 Å². The highest BCUT2D eigenvalue weighted by Gasteiger charge is 2.35. The molecule has 1 saturated heterocycles. The number of rotatable bonds is 5. The Balaban J connectivity index is 1.97. The van der Waals surface area contributed by atoms with Crippen LogP contribution in [0.3, 0.4) is 0 Å². The van der Waals surface area contributed by atoms with Crippen molar-refractivity contribution in [2.45, 2.75) is 31.1 Å². The normalized spacial score (nSPS) is 23.4. The first-order valence-electron chi connectivity index (χ1n) is 6.42. The molecule has 5 heteroatoms. The number of carbonyl (C=O) groups excluding carboxylic acids is 1. The first kappa shape index (κ1) is 14.2. The van der Waals surface area contributed by atoms with Gasteiger partial charge in [0.25, 0.3) is 0 Å². The number of ketones is 1. The van der Waals surface area contributed by atoms with Crippen molar-refractivity contribution in [3.05, 3.63) is 35.9 Å². The van der Waals surface area contributed by atoms with Crippen molar-refractivity contribution >= 4 is 15.6 Å². The second kappa shape index (κ2) is 5.84. The lowest BCUT2D eigenvalue weighted by molar-refractivity contribution is 0.0988. The van der Waals surface area contributed by atoms with Crippen LogP contribution in [-0.2, 0) is 14.6 Å². The molecule has 2 unspecified atom stereocenters. The van der Waals surface area contributed by atoms with Crippen molar-refractivity contribution in [1.82, 2.24) is 0 Å². The van der Waals surface area contributed by atoms with Crippen molar-refractivity contribution < 1.29 is 17.9 Å². The fourth-order valence-corrected chi connectivity index (χ4v) is 4.23. The van der Waals surface area contributed by atoms with E-state index in [9.17, 15) is 13.2 Å². The average molecular weight is 282 g/mol. The van der Waals surface area contributed by atoms with E-state index in [1.807, 2.05) is 6.07 Å². The molecule has 0 saturated carbocycles. The summed E-state index contributed by atoms with van der Waals surface area (Å²) in [6.07, 6.45) is 0.301. The third-order valence-corrected chi connectivity index (χ3v) is 5.79. The fourth-order valence-electron chi connectivity index (χ4n) is 2.34. The van der Waals surface area contributed by atoms with Gasteiger partial charge in [-0.1, -0.05) is 30.3 Å². The molecule has 2 atom stereocenters. The van der Waals surface area contributed by atoms with E-state index >= 15 is 0 Å². The Morgan fingerprint density at radius 3 is 2.58 bits per heavy atom. The van der Waals surface area contributed by atoms with Gasteiger partial charge in [-0.3, -0.25) is 4.79 Å². The number of benzene rings is 1.